The maximum Gasteiger partial charge on any atom is 0.247 e. The van der Waals surface area contributed by atoms with Crippen molar-refractivity contribution in [2.24, 2.45) is 0 Å². The first-order valence-electron chi connectivity index (χ1n) is 8.21. The van der Waals surface area contributed by atoms with E-state index in [2.05, 4.69) is 32.0 Å². The molecule has 0 radical (unpaired) electrons. The summed E-state index contributed by atoms with van der Waals surface area (Å²) in [5.74, 6) is 1.80. The van der Waals surface area contributed by atoms with Crippen LogP contribution < -0.4 is 4.74 Å². The first-order valence-corrected chi connectivity index (χ1v) is 8.21. The summed E-state index contributed by atoms with van der Waals surface area (Å²) < 4.78 is 11.2. The van der Waals surface area contributed by atoms with Crippen LogP contribution in [-0.4, -0.2) is 38.7 Å². The number of aryl methyl sites for hydroxylation is 1. The van der Waals surface area contributed by atoms with Crippen LogP contribution in [0.4, 0.5) is 0 Å². The molecule has 0 amide bonds. The van der Waals surface area contributed by atoms with Gasteiger partial charge in [-0.15, -0.1) is 10.2 Å². The van der Waals surface area contributed by atoms with Gasteiger partial charge in [-0.3, -0.25) is 4.90 Å². The molecule has 0 spiro atoms. The molecule has 7 nitrogen and oxygen atoms in total. The van der Waals surface area contributed by atoms with E-state index in [0.717, 1.165) is 29.8 Å². The number of aromatic nitrogens is 4. The molecule has 7 heteroatoms. The molecule has 0 fully saturated rings. The highest BCUT2D eigenvalue weighted by Gasteiger charge is 2.23. The van der Waals surface area contributed by atoms with Crippen molar-refractivity contribution >= 4 is 0 Å². The standard InChI is InChI=1S/C18H19N5O2/c1-12-3-5-13(6-4-12)17-22-21-16(25-17)10-23-8-7-15-14(9-23)18(24-2)20-11-19-15/h3-6,11H,7-10H2,1-2H3. The van der Waals surface area contributed by atoms with Gasteiger partial charge >= 0.3 is 0 Å². The highest BCUT2D eigenvalue weighted by molar-refractivity contribution is 5.52. The Morgan fingerprint density at radius 2 is 2.00 bits per heavy atom. The van der Waals surface area contributed by atoms with E-state index < -0.39 is 0 Å². The van der Waals surface area contributed by atoms with Gasteiger partial charge in [0.05, 0.1) is 19.3 Å². The first-order chi connectivity index (χ1) is 12.2. The van der Waals surface area contributed by atoms with Crippen LogP contribution in [0, 0.1) is 6.92 Å². The SMILES string of the molecule is COc1ncnc2c1CN(Cc1nnc(-c3ccc(C)cc3)o1)CC2. The van der Waals surface area contributed by atoms with E-state index in [0.29, 0.717) is 30.8 Å². The average molecular weight is 337 g/mol. The second-order valence-corrected chi connectivity index (χ2v) is 6.14. The number of ether oxygens (including phenoxy) is 1. The largest absolute Gasteiger partial charge is 0.481 e. The summed E-state index contributed by atoms with van der Waals surface area (Å²) in [4.78, 5) is 10.8. The highest BCUT2D eigenvalue weighted by Crippen LogP contribution is 2.25. The Morgan fingerprint density at radius 1 is 1.16 bits per heavy atom. The number of nitrogens with zero attached hydrogens (tertiary/aromatic N) is 5. The summed E-state index contributed by atoms with van der Waals surface area (Å²) >= 11 is 0. The highest BCUT2D eigenvalue weighted by atomic mass is 16.5. The van der Waals surface area contributed by atoms with E-state index in [-0.39, 0.29) is 0 Å². The van der Waals surface area contributed by atoms with Crippen molar-refractivity contribution in [1.82, 2.24) is 25.1 Å². The van der Waals surface area contributed by atoms with Crippen molar-refractivity contribution in [2.75, 3.05) is 13.7 Å². The summed E-state index contributed by atoms with van der Waals surface area (Å²) in [7, 11) is 1.63. The molecule has 0 atom stereocenters. The minimum absolute atomic E-state index is 0.549. The van der Waals surface area contributed by atoms with E-state index >= 15 is 0 Å². The fourth-order valence-electron chi connectivity index (χ4n) is 3.00. The van der Waals surface area contributed by atoms with Crippen LogP contribution in [0.2, 0.25) is 0 Å². The van der Waals surface area contributed by atoms with Crippen LogP contribution in [0.5, 0.6) is 5.88 Å². The molecule has 1 aliphatic heterocycles. The molecule has 1 aliphatic rings. The van der Waals surface area contributed by atoms with Crippen LogP contribution >= 0.6 is 0 Å². The third kappa shape index (κ3) is 3.23. The molecule has 1 aromatic carbocycles. The van der Waals surface area contributed by atoms with Gasteiger partial charge in [-0.05, 0) is 19.1 Å². The van der Waals surface area contributed by atoms with Gasteiger partial charge in [-0.2, -0.15) is 0 Å². The van der Waals surface area contributed by atoms with Crippen molar-refractivity contribution in [2.45, 2.75) is 26.4 Å². The monoisotopic (exact) mass is 337 g/mol. The topological polar surface area (TPSA) is 77.2 Å². The molecule has 2 aromatic heterocycles. The minimum Gasteiger partial charge on any atom is -0.481 e. The zero-order valence-electron chi connectivity index (χ0n) is 14.3. The third-order valence-corrected chi connectivity index (χ3v) is 4.36. The van der Waals surface area contributed by atoms with Crippen LogP contribution in [0.3, 0.4) is 0 Å². The van der Waals surface area contributed by atoms with Crippen molar-refractivity contribution in [3.8, 4) is 17.3 Å². The lowest BCUT2D eigenvalue weighted by molar-refractivity contribution is 0.214. The predicted octanol–water partition coefficient (Wildman–Crippen LogP) is 2.40. The molecule has 25 heavy (non-hydrogen) atoms. The fraction of sp³-hybridized carbons (Fsp3) is 0.333. The molecule has 0 bridgehead atoms. The van der Waals surface area contributed by atoms with E-state index in [1.54, 1.807) is 13.4 Å². The second-order valence-electron chi connectivity index (χ2n) is 6.14. The summed E-state index contributed by atoms with van der Waals surface area (Å²) in [6.45, 7) is 4.24. The van der Waals surface area contributed by atoms with E-state index in [9.17, 15) is 0 Å². The van der Waals surface area contributed by atoms with E-state index in [1.807, 2.05) is 24.3 Å². The molecule has 3 aromatic rings. The summed E-state index contributed by atoms with van der Waals surface area (Å²) in [6.07, 6.45) is 2.41. The number of rotatable bonds is 4. The summed E-state index contributed by atoms with van der Waals surface area (Å²) in [6, 6.07) is 8.05. The molecule has 0 N–H and O–H groups in total. The third-order valence-electron chi connectivity index (χ3n) is 4.36. The number of methoxy groups -OCH3 is 1. The van der Waals surface area contributed by atoms with Crippen molar-refractivity contribution in [3.63, 3.8) is 0 Å². The van der Waals surface area contributed by atoms with Crippen LogP contribution in [-0.2, 0) is 19.5 Å². The van der Waals surface area contributed by atoms with Gasteiger partial charge in [0.25, 0.3) is 0 Å². The Kier molecular flexibility index (Phi) is 4.15. The molecule has 4 rings (SSSR count). The van der Waals surface area contributed by atoms with Crippen LogP contribution in [0.25, 0.3) is 11.5 Å². The van der Waals surface area contributed by atoms with Gasteiger partial charge in [-0.1, -0.05) is 17.7 Å². The Balaban J connectivity index is 1.49. The quantitative estimate of drug-likeness (QED) is 0.723. The maximum atomic E-state index is 5.83. The lowest BCUT2D eigenvalue weighted by Crippen LogP contribution is -2.31. The summed E-state index contributed by atoms with van der Waals surface area (Å²) in [5, 5.41) is 8.35. The Hall–Kier alpha value is -2.80. The van der Waals surface area contributed by atoms with Crippen molar-refractivity contribution in [1.29, 1.82) is 0 Å². The molecule has 0 saturated heterocycles. The smallest absolute Gasteiger partial charge is 0.247 e. The molecule has 128 valence electrons. The van der Waals surface area contributed by atoms with Gasteiger partial charge in [0.1, 0.15) is 6.33 Å². The number of benzene rings is 1. The molecular weight excluding hydrogens is 318 g/mol. The van der Waals surface area contributed by atoms with Gasteiger partial charge in [0.15, 0.2) is 0 Å². The summed E-state index contributed by atoms with van der Waals surface area (Å²) in [5.41, 5.74) is 4.22. The maximum absolute atomic E-state index is 5.83. The van der Waals surface area contributed by atoms with Gasteiger partial charge < -0.3 is 9.15 Å². The number of fused-ring (bicyclic) bond motifs is 1. The number of hydrogen-bond donors (Lipinski definition) is 0. The molecule has 0 saturated carbocycles. The molecule has 0 unspecified atom stereocenters. The van der Waals surface area contributed by atoms with Crippen LogP contribution in [0.15, 0.2) is 35.0 Å². The first kappa shape index (κ1) is 15.7. The van der Waals surface area contributed by atoms with Gasteiger partial charge in [0.2, 0.25) is 17.7 Å². The van der Waals surface area contributed by atoms with E-state index in [1.165, 1.54) is 5.56 Å². The van der Waals surface area contributed by atoms with Crippen molar-refractivity contribution < 1.29 is 9.15 Å². The molecule has 0 aliphatic carbocycles. The lowest BCUT2D eigenvalue weighted by Gasteiger charge is -2.27. The lowest BCUT2D eigenvalue weighted by atomic mass is 10.1. The van der Waals surface area contributed by atoms with Crippen molar-refractivity contribution in [3.05, 3.63) is 53.3 Å². The van der Waals surface area contributed by atoms with Crippen LogP contribution in [0.1, 0.15) is 22.7 Å². The minimum atomic E-state index is 0.549. The average Bonchev–Trinajstić information content (AvgIpc) is 3.10. The van der Waals surface area contributed by atoms with E-state index in [4.69, 9.17) is 9.15 Å². The Morgan fingerprint density at radius 3 is 2.80 bits per heavy atom. The molecule has 3 heterocycles. The second kappa shape index (κ2) is 6.60. The number of hydrogen-bond acceptors (Lipinski definition) is 7. The fourth-order valence-corrected chi connectivity index (χ4v) is 3.00. The Labute approximate surface area is 145 Å². The normalized spacial score (nSPS) is 14.3. The predicted molar refractivity (Wildman–Crippen MR) is 90.9 cm³/mol. The Bertz CT molecular complexity index is 861. The van der Waals surface area contributed by atoms with Gasteiger partial charge in [-0.25, -0.2) is 9.97 Å². The van der Waals surface area contributed by atoms with Gasteiger partial charge in [0, 0.05) is 30.6 Å². The zero-order valence-corrected chi connectivity index (χ0v) is 14.3. The zero-order chi connectivity index (χ0) is 17.2. The molecular formula is C18H19N5O2.